The summed E-state index contributed by atoms with van der Waals surface area (Å²) < 4.78 is 0. The summed E-state index contributed by atoms with van der Waals surface area (Å²) in [6.45, 7) is 0.688. The van der Waals surface area contributed by atoms with E-state index in [0.29, 0.717) is 24.0 Å². The predicted octanol–water partition coefficient (Wildman–Crippen LogP) is 6.74. The van der Waals surface area contributed by atoms with Crippen molar-refractivity contribution in [2.75, 3.05) is 18.5 Å². The molecular weight excluding hydrogens is 515 g/mol. The molecule has 4 aliphatic rings. The molecule has 0 N–H and O–H groups in total. The van der Waals surface area contributed by atoms with Crippen LogP contribution in [0.1, 0.15) is 43.6 Å². The molecule has 4 atom stereocenters. The number of nitriles is 1. The van der Waals surface area contributed by atoms with Gasteiger partial charge in [-0.15, -0.1) is 0 Å². The number of hydrogen-bond donors (Lipinski definition) is 0. The van der Waals surface area contributed by atoms with Crippen molar-refractivity contribution in [1.29, 1.82) is 5.26 Å². The van der Waals surface area contributed by atoms with Gasteiger partial charge in [-0.2, -0.15) is 5.26 Å². The lowest BCUT2D eigenvalue weighted by Crippen LogP contribution is -2.58. The maximum Gasteiger partial charge on any atom is 0.111 e. The summed E-state index contributed by atoms with van der Waals surface area (Å²) in [4.78, 5) is 4.94. The van der Waals surface area contributed by atoms with Gasteiger partial charge in [-0.1, -0.05) is 90.1 Å². The van der Waals surface area contributed by atoms with Crippen LogP contribution in [0.2, 0.25) is 5.54 Å². The van der Waals surface area contributed by atoms with E-state index in [1.807, 2.05) is 6.08 Å². The predicted molar refractivity (Wildman–Crippen MR) is 173 cm³/mol. The van der Waals surface area contributed by atoms with Crippen molar-refractivity contribution in [2.45, 2.75) is 49.6 Å². The van der Waals surface area contributed by atoms with Crippen molar-refractivity contribution < 1.29 is 0 Å². The molecule has 2 aliphatic carbocycles. The van der Waals surface area contributed by atoms with Crippen LogP contribution in [0.5, 0.6) is 0 Å². The van der Waals surface area contributed by atoms with Crippen LogP contribution in [-0.4, -0.2) is 33.3 Å². The molecule has 0 saturated heterocycles. The molecule has 0 spiro atoms. The van der Waals surface area contributed by atoms with Crippen LogP contribution in [0.4, 0.5) is 11.4 Å². The van der Waals surface area contributed by atoms with Crippen molar-refractivity contribution in [1.82, 2.24) is 4.90 Å². The summed E-state index contributed by atoms with van der Waals surface area (Å²) in [6.07, 6.45) is 17.5. The summed E-state index contributed by atoms with van der Waals surface area (Å²) in [7, 11) is 0.689. The van der Waals surface area contributed by atoms with Gasteiger partial charge < -0.3 is 9.80 Å². The van der Waals surface area contributed by atoms with Crippen molar-refractivity contribution in [3.05, 3.63) is 132 Å². The summed E-state index contributed by atoms with van der Waals surface area (Å²) >= 11 is 0. The lowest BCUT2D eigenvalue weighted by atomic mass is 9.82. The number of anilines is 2. The number of nitrogens with zero attached hydrogens (tertiary/aromatic N) is 3. The van der Waals surface area contributed by atoms with E-state index in [4.69, 9.17) is 0 Å². The highest BCUT2D eigenvalue weighted by atomic mass is 28.3. The molecule has 3 nitrogen and oxygen atoms in total. The summed E-state index contributed by atoms with van der Waals surface area (Å²) in [6, 6.07) is 32.5. The van der Waals surface area contributed by atoms with Gasteiger partial charge >= 0.3 is 0 Å². The van der Waals surface area contributed by atoms with Crippen molar-refractivity contribution >= 4 is 30.5 Å². The summed E-state index contributed by atoms with van der Waals surface area (Å²) in [5.74, 6) is 0.368. The zero-order chi connectivity index (χ0) is 27.8. The van der Waals surface area contributed by atoms with Crippen LogP contribution < -0.4 is 15.3 Å². The Morgan fingerprint density at radius 2 is 1.66 bits per heavy atom. The quantitative estimate of drug-likeness (QED) is 0.266. The first-order valence-corrected chi connectivity index (χ1v) is 17.0. The fourth-order valence-electron chi connectivity index (χ4n) is 7.74. The molecule has 0 amide bonds. The molecular formula is C37H37N3Si. The smallest absolute Gasteiger partial charge is 0.111 e. The van der Waals surface area contributed by atoms with Crippen molar-refractivity contribution in [3.63, 3.8) is 0 Å². The number of para-hydroxylation sites is 2. The highest BCUT2D eigenvalue weighted by Crippen LogP contribution is 2.46. The van der Waals surface area contributed by atoms with Gasteiger partial charge in [-0.05, 0) is 78.3 Å². The Hall–Kier alpha value is -4.07. The minimum atomic E-state index is -1.42. The van der Waals surface area contributed by atoms with E-state index in [0.717, 1.165) is 18.4 Å². The topological polar surface area (TPSA) is 30.3 Å². The average Bonchev–Trinajstić information content (AvgIpc) is 3.04. The van der Waals surface area contributed by atoms with Gasteiger partial charge in [0.15, 0.2) is 0 Å². The Kier molecular flexibility index (Phi) is 6.98. The molecule has 4 unspecified atom stereocenters. The van der Waals surface area contributed by atoms with Crippen LogP contribution in [0.25, 0.3) is 0 Å². The Labute approximate surface area is 246 Å². The van der Waals surface area contributed by atoms with Gasteiger partial charge in [0.1, 0.15) is 8.80 Å². The van der Waals surface area contributed by atoms with Gasteiger partial charge in [0.25, 0.3) is 0 Å². The molecule has 3 aromatic rings. The fourth-order valence-corrected chi connectivity index (χ4v) is 11.8. The SMILES string of the molecule is CN1CC(C#N)=CC=C1C1=CC(c2ccccc2N2c3ccccc3[SiH](c3ccccc3)C3CCC=CC32)CCC1. The minimum Gasteiger partial charge on any atom is -0.369 e. The number of benzene rings is 3. The molecule has 41 heavy (non-hydrogen) atoms. The van der Waals surface area contributed by atoms with Gasteiger partial charge in [-0.3, -0.25) is 0 Å². The summed E-state index contributed by atoms with van der Waals surface area (Å²) in [5, 5.41) is 12.5. The van der Waals surface area contributed by atoms with Crippen LogP contribution in [-0.2, 0) is 0 Å². The molecule has 2 aliphatic heterocycles. The lowest BCUT2D eigenvalue weighted by molar-refractivity contribution is 0.449. The highest BCUT2D eigenvalue weighted by Gasteiger charge is 2.43. The molecule has 7 rings (SSSR count). The third-order valence-corrected chi connectivity index (χ3v) is 13.4. The number of rotatable bonds is 4. The fraction of sp³-hybridized carbons (Fsp3) is 0.270. The van der Waals surface area contributed by atoms with E-state index >= 15 is 0 Å². The average molecular weight is 552 g/mol. The van der Waals surface area contributed by atoms with Crippen LogP contribution in [0.15, 0.2) is 126 Å². The minimum absolute atomic E-state index is 0.368. The molecule has 4 heteroatoms. The maximum atomic E-state index is 9.39. The second-order valence-electron chi connectivity index (χ2n) is 11.9. The second-order valence-corrected chi connectivity index (χ2v) is 15.0. The van der Waals surface area contributed by atoms with Gasteiger partial charge in [-0.25, -0.2) is 0 Å². The van der Waals surface area contributed by atoms with E-state index in [2.05, 4.69) is 126 Å². The number of hydrogen-bond acceptors (Lipinski definition) is 3. The molecule has 0 bridgehead atoms. The van der Waals surface area contributed by atoms with Gasteiger partial charge in [0.2, 0.25) is 0 Å². The Bertz CT molecular complexity index is 1610. The molecule has 204 valence electrons. The standard InChI is InChI=1S/C37H37N3Si/c1-39-26-27(25-38)22-23-32(39)29-13-11-12-28(24-29)31-16-5-6-17-33(31)40-34-18-7-9-20-36(34)41(30-14-3-2-4-15-30)37-21-10-8-19-35(37)40/h2-9,14-20,22-24,28,35,37,41H,10-13,21,26H2,1H3. The first-order chi connectivity index (χ1) is 20.2. The van der Waals surface area contributed by atoms with Crippen LogP contribution in [0, 0.1) is 11.3 Å². The normalized spacial score (nSPS) is 25.3. The van der Waals surface area contributed by atoms with Gasteiger partial charge in [0.05, 0.1) is 18.7 Å². The Morgan fingerprint density at radius 3 is 2.49 bits per heavy atom. The molecule has 0 fully saturated rings. The third-order valence-electron chi connectivity index (χ3n) is 9.55. The molecule has 3 aromatic carbocycles. The first-order valence-electron chi connectivity index (χ1n) is 15.1. The summed E-state index contributed by atoms with van der Waals surface area (Å²) in [5.41, 5.74) is 8.36. The monoisotopic (exact) mass is 551 g/mol. The number of likely N-dealkylation sites (N-methyl/N-ethyl adjacent to an activating group) is 1. The van der Waals surface area contributed by atoms with E-state index in [1.54, 1.807) is 10.4 Å². The molecule has 0 radical (unpaired) electrons. The largest absolute Gasteiger partial charge is 0.369 e. The van der Waals surface area contributed by atoms with E-state index in [-0.39, 0.29) is 0 Å². The lowest BCUT2D eigenvalue weighted by Gasteiger charge is -2.48. The Balaban J connectivity index is 1.33. The van der Waals surface area contributed by atoms with Crippen molar-refractivity contribution in [2.24, 2.45) is 0 Å². The first kappa shape index (κ1) is 25.9. The third kappa shape index (κ3) is 4.69. The van der Waals surface area contributed by atoms with E-state index in [1.165, 1.54) is 47.5 Å². The van der Waals surface area contributed by atoms with E-state index in [9.17, 15) is 5.26 Å². The van der Waals surface area contributed by atoms with Crippen LogP contribution in [0.3, 0.4) is 0 Å². The molecule has 2 heterocycles. The zero-order valence-corrected chi connectivity index (χ0v) is 24.9. The molecule has 0 saturated carbocycles. The van der Waals surface area contributed by atoms with E-state index < -0.39 is 8.80 Å². The van der Waals surface area contributed by atoms with Gasteiger partial charge in [0, 0.05) is 35.6 Å². The maximum absolute atomic E-state index is 9.39. The highest BCUT2D eigenvalue weighted by molar-refractivity contribution is 6.88. The number of allylic oxidation sites excluding steroid dienone is 5. The number of fused-ring (bicyclic) bond motifs is 2. The Morgan fingerprint density at radius 1 is 0.878 bits per heavy atom. The second kappa shape index (κ2) is 11.1. The van der Waals surface area contributed by atoms with Crippen LogP contribution >= 0.6 is 0 Å². The zero-order valence-electron chi connectivity index (χ0n) is 23.8. The molecule has 0 aromatic heterocycles. The van der Waals surface area contributed by atoms with Crippen molar-refractivity contribution in [3.8, 4) is 6.07 Å².